The molecule has 2 aromatic rings. The highest BCUT2D eigenvalue weighted by atomic mass is 79.9. The van der Waals surface area contributed by atoms with E-state index in [2.05, 4.69) is 26.4 Å². The molecule has 0 fully saturated rings. The summed E-state index contributed by atoms with van der Waals surface area (Å²) in [6, 6.07) is 13.0. The molecule has 1 aliphatic heterocycles. The van der Waals surface area contributed by atoms with E-state index in [-0.39, 0.29) is 11.9 Å². The molecular formula is C20H21BrN2O4. The molecule has 1 heterocycles. The molecule has 1 amide bonds. The van der Waals surface area contributed by atoms with E-state index in [0.29, 0.717) is 17.9 Å². The molecule has 6 nitrogen and oxygen atoms in total. The van der Waals surface area contributed by atoms with Gasteiger partial charge in [0.1, 0.15) is 11.5 Å². The van der Waals surface area contributed by atoms with E-state index >= 15 is 0 Å². The van der Waals surface area contributed by atoms with Crippen LogP contribution in [0.5, 0.6) is 11.5 Å². The maximum Gasteiger partial charge on any atom is 0.264 e. The minimum absolute atomic E-state index is 0.221. The molecule has 3 rings (SSSR count). The molecule has 7 heteroatoms. The SMILES string of the molecule is COc1ccc(OC)c([C@H](C)NC(=O)[C@H]2CC(c3cccc(Br)c3)=NO2)c1. The second-order valence-corrected chi connectivity index (χ2v) is 7.10. The zero-order valence-corrected chi connectivity index (χ0v) is 16.9. The van der Waals surface area contributed by atoms with E-state index in [1.54, 1.807) is 14.2 Å². The van der Waals surface area contributed by atoms with Gasteiger partial charge in [-0.15, -0.1) is 0 Å². The molecule has 2 aromatic carbocycles. The van der Waals surface area contributed by atoms with Crippen molar-refractivity contribution in [1.29, 1.82) is 0 Å². The van der Waals surface area contributed by atoms with Gasteiger partial charge in [0.2, 0.25) is 6.10 Å². The van der Waals surface area contributed by atoms with Crippen LogP contribution >= 0.6 is 15.9 Å². The van der Waals surface area contributed by atoms with Crippen LogP contribution in [0.4, 0.5) is 0 Å². The number of hydrogen-bond acceptors (Lipinski definition) is 5. The second kappa shape index (κ2) is 8.43. The Bertz CT molecular complexity index is 869. The van der Waals surface area contributed by atoms with Crippen molar-refractivity contribution < 1.29 is 19.1 Å². The Hall–Kier alpha value is -2.54. The number of nitrogens with one attached hydrogen (secondary N) is 1. The van der Waals surface area contributed by atoms with Crippen molar-refractivity contribution in [3.8, 4) is 11.5 Å². The van der Waals surface area contributed by atoms with Crippen molar-refractivity contribution in [3.63, 3.8) is 0 Å². The van der Waals surface area contributed by atoms with Crippen molar-refractivity contribution in [1.82, 2.24) is 5.32 Å². The van der Waals surface area contributed by atoms with E-state index in [1.807, 2.05) is 49.4 Å². The van der Waals surface area contributed by atoms with Crippen LogP contribution in [0.15, 0.2) is 52.1 Å². The van der Waals surface area contributed by atoms with E-state index in [4.69, 9.17) is 14.3 Å². The summed E-state index contributed by atoms with van der Waals surface area (Å²) in [6.07, 6.45) is -0.234. The van der Waals surface area contributed by atoms with Crippen LogP contribution in [-0.4, -0.2) is 31.9 Å². The van der Waals surface area contributed by atoms with Gasteiger partial charge in [-0.3, -0.25) is 4.79 Å². The number of rotatable bonds is 6. The van der Waals surface area contributed by atoms with Gasteiger partial charge in [-0.05, 0) is 37.3 Å². The fourth-order valence-electron chi connectivity index (χ4n) is 2.92. The van der Waals surface area contributed by atoms with Crippen molar-refractivity contribution in [2.75, 3.05) is 14.2 Å². The summed E-state index contributed by atoms with van der Waals surface area (Å²) >= 11 is 3.44. The van der Waals surface area contributed by atoms with E-state index < -0.39 is 6.10 Å². The third-order valence-electron chi connectivity index (χ3n) is 4.38. The van der Waals surface area contributed by atoms with Gasteiger partial charge < -0.3 is 19.6 Å². The van der Waals surface area contributed by atoms with E-state index in [9.17, 15) is 4.79 Å². The smallest absolute Gasteiger partial charge is 0.264 e. The third kappa shape index (κ3) is 4.42. The fraction of sp³-hybridized carbons (Fsp3) is 0.300. The number of hydrogen-bond donors (Lipinski definition) is 1. The Morgan fingerprint density at radius 3 is 2.78 bits per heavy atom. The van der Waals surface area contributed by atoms with Crippen LogP contribution in [0.3, 0.4) is 0 Å². The van der Waals surface area contributed by atoms with Crippen molar-refractivity contribution in [2.24, 2.45) is 5.16 Å². The van der Waals surface area contributed by atoms with Gasteiger partial charge in [0.25, 0.3) is 5.91 Å². The molecule has 1 aliphatic rings. The van der Waals surface area contributed by atoms with Crippen molar-refractivity contribution in [2.45, 2.75) is 25.5 Å². The number of benzene rings is 2. The average molecular weight is 433 g/mol. The fourth-order valence-corrected chi connectivity index (χ4v) is 3.32. The number of amides is 1. The predicted molar refractivity (Wildman–Crippen MR) is 106 cm³/mol. The zero-order valence-electron chi connectivity index (χ0n) is 15.4. The Kier molecular flexibility index (Phi) is 6.01. The topological polar surface area (TPSA) is 69.2 Å². The summed E-state index contributed by atoms with van der Waals surface area (Å²) in [4.78, 5) is 18.0. The van der Waals surface area contributed by atoms with Gasteiger partial charge in [-0.25, -0.2) is 0 Å². The molecule has 1 N–H and O–H groups in total. The molecular weight excluding hydrogens is 412 g/mol. The molecule has 0 spiro atoms. The van der Waals surface area contributed by atoms with Gasteiger partial charge >= 0.3 is 0 Å². The Labute approximate surface area is 166 Å². The van der Waals surface area contributed by atoms with Gasteiger partial charge in [0.05, 0.1) is 26.0 Å². The minimum atomic E-state index is -0.655. The first kappa shape index (κ1) is 19.2. The number of nitrogens with zero attached hydrogens (tertiary/aromatic N) is 1. The quantitative estimate of drug-likeness (QED) is 0.752. The monoisotopic (exact) mass is 432 g/mol. The first-order valence-electron chi connectivity index (χ1n) is 8.52. The normalized spacial score (nSPS) is 16.9. The van der Waals surface area contributed by atoms with Crippen molar-refractivity contribution in [3.05, 3.63) is 58.1 Å². The molecule has 2 atom stereocenters. The molecule has 0 saturated heterocycles. The molecule has 27 heavy (non-hydrogen) atoms. The van der Waals surface area contributed by atoms with Gasteiger partial charge in [0, 0.05) is 22.0 Å². The zero-order chi connectivity index (χ0) is 19.4. The summed E-state index contributed by atoms with van der Waals surface area (Å²) in [5, 5.41) is 7.05. The Balaban J connectivity index is 1.66. The van der Waals surface area contributed by atoms with Crippen LogP contribution in [0, 0.1) is 0 Å². The molecule has 0 aliphatic carbocycles. The largest absolute Gasteiger partial charge is 0.497 e. The summed E-state index contributed by atoms with van der Waals surface area (Å²) in [5.41, 5.74) is 2.52. The molecule has 0 radical (unpaired) electrons. The van der Waals surface area contributed by atoms with Gasteiger partial charge in [0.15, 0.2) is 0 Å². The van der Waals surface area contributed by atoms with Gasteiger partial charge in [-0.2, -0.15) is 0 Å². The molecule has 0 aromatic heterocycles. The lowest BCUT2D eigenvalue weighted by atomic mass is 10.0. The maximum atomic E-state index is 12.6. The lowest BCUT2D eigenvalue weighted by molar-refractivity contribution is -0.131. The summed E-state index contributed by atoms with van der Waals surface area (Å²) in [5.74, 6) is 1.16. The van der Waals surface area contributed by atoms with Crippen LogP contribution in [0.1, 0.15) is 30.5 Å². The average Bonchev–Trinajstić information content (AvgIpc) is 3.17. The molecule has 142 valence electrons. The lowest BCUT2D eigenvalue weighted by Gasteiger charge is -2.19. The Morgan fingerprint density at radius 2 is 2.07 bits per heavy atom. The summed E-state index contributed by atoms with van der Waals surface area (Å²) in [6.45, 7) is 1.89. The van der Waals surface area contributed by atoms with Crippen LogP contribution in [0.25, 0.3) is 0 Å². The lowest BCUT2D eigenvalue weighted by Crippen LogP contribution is -2.36. The minimum Gasteiger partial charge on any atom is -0.497 e. The standard InChI is InChI=1S/C20H21BrN2O4/c1-12(16-10-15(25-2)7-8-18(16)26-3)22-20(24)19-11-17(23-27-19)13-5-4-6-14(21)9-13/h4-10,12,19H,11H2,1-3H3,(H,22,24)/t12-,19+/m0/s1. The first-order chi connectivity index (χ1) is 13.0. The summed E-state index contributed by atoms with van der Waals surface area (Å²) < 4.78 is 11.6. The number of methoxy groups -OCH3 is 2. The number of halogens is 1. The first-order valence-corrected chi connectivity index (χ1v) is 9.32. The molecule has 0 saturated carbocycles. The molecule has 0 bridgehead atoms. The maximum absolute atomic E-state index is 12.6. The Morgan fingerprint density at radius 1 is 1.26 bits per heavy atom. The highest BCUT2D eigenvalue weighted by Crippen LogP contribution is 2.29. The van der Waals surface area contributed by atoms with E-state index in [0.717, 1.165) is 21.3 Å². The highest BCUT2D eigenvalue weighted by molar-refractivity contribution is 9.10. The molecule has 0 unspecified atom stereocenters. The second-order valence-electron chi connectivity index (χ2n) is 6.18. The summed E-state index contributed by atoms with van der Waals surface area (Å²) in [7, 11) is 3.19. The van der Waals surface area contributed by atoms with Crippen LogP contribution in [-0.2, 0) is 9.63 Å². The van der Waals surface area contributed by atoms with E-state index in [1.165, 1.54) is 0 Å². The number of carbonyl (C=O) groups is 1. The number of ether oxygens (including phenoxy) is 2. The van der Waals surface area contributed by atoms with Gasteiger partial charge in [-0.1, -0.05) is 33.2 Å². The third-order valence-corrected chi connectivity index (χ3v) is 4.87. The van der Waals surface area contributed by atoms with Crippen LogP contribution in [0.2, 0.25) is 0 Å². The number of carbonyl (C=O) groups excluding carboxylic acids is 1. The number of oxime groups is 1. The predicted octanol–water partition coefficient (Wildman–Crippen LogP) is 3.84. The highest BCUT2D eigenvalue weighted by Gasteiger charge is 2.30. The van der Waals surface area contributed by atoms with Crippen LogP contribution < -0.4 is 14.8 Å². The van der Waals surface area contributed by atoms with Crippen molar-refractivity contribution >= 4 is 27.5 Å².